The van der Waals surface area contributed by atoms with E-state index < -0.39 is 0 Å². The molecule has 2 rings (SSSR count). The molecular formula is C17H24N4O. The summed E-state index contributed by atoms with van der Waals surface area (Å²) in [4.78, 5) is 12.0. The van der Waals surface area contributed by atoms with Crippen LogP contribution in [-0.4, -0.2) is 15.6 Å². The maximum atomic E-state index is 12.0. The Morgan fingerprint density at radius 3 is 2.91 bits per heavy atom. The smallest absolute Gasteiger partial charge is 0.160 e. The lowest BCUT2D eigenvalue weighted by molar-refractivity contribution is -0.118. The molecule has 22 heavy (non-hydrogen) atoms. The van der Waals surface area contributed by atoms with Gasteiger partial charge in [-0.3, -0.25) is 4.79 Å². The number of anilines is 1. The number of aryl methyl sites for hydroxylation is 1. The fourth-order valence-electron chi connectivity index (χ4n) is 2.77. The summed E-state index contributed by atoms with van der Waals surface area (Å²) in [6, 6.07) is 2.17. The molecule has 0 saturated heterocycles. The maximum absolute atomic E-state index is 12.0. The molecule has 0 radical (unpaired) electrons. The van der Waals surface area contributed by atoms with Crippen molar-refractivity contribution < 1.29 is 4.79 Å². The van der Waals surface area contributed by atoms with Crippen molar-refractivity contribution in [3.05, 3.63) is 23.5 Å². The third-order valence-corrected chi connectivity index (χ3v) is 4.19. The van der Waals surface area contributed by atoms with Gasteiger partial charge in [-0.2, -0.15) is 10.4 Å². The van der Waals surface area contributed by atoms with Crippen molar-refractivity contribution in [2.45, 2.75) is 58.9 Å². The molecule has 0 fully saturated rings. The number of unbranched alkanes of at least 4 members (excludes halogenated alkanes) is 2. The van der Waals surface area contributed by atoms with Gasteiger partial charge in [0.15, 0.2) is 5.78 Å². The molecule has 1 atom stereocenters. The molecule has 0 spiro atoms. The highest BCUT2D eigenvalue weighted by Gasteiger charge is 2.22. The van der Waals surface area contributed by atoms with Gasteiger partial charge >= 0.3 is 0 Å². The van der Waals surface area contributed by atoms with E-state index in [0.29, 0.717) is 11.4 Å². The minimum absolute atomic E-state index is 0.149. The molecule has 0 aromatic carbocycles. The SMILES string of the molecule is CCCCCn1ncc(C#N)c1NC1=CC(=O)C(CC)CC1. The summed E-state index contributed by atoms with van der Waals surface area (Å²) < 4.78 is 1.84. The number of hydrogen-bond acceptors (Lipinski definition) is 4. The zero-order chi connectivity index (χ0) is 15.9. The quantitative estimate of drug-likeness (QED) is 0.781. The second kappa shape index (κ2) is 7.79. The van der Waals surface area contributed by atoms with Crippen LogP contribution in [-0.2, 0) is 11.3 Å². The first-order chi connectivity index (χ1) is 10.7. The van der Waals surface area contributed by atoms with Gasteiger partial charge in [0.25, 0.3) is 0 Å². The highest BCUT2D eigenvalue weighted by molar-refractivity contribution is 5.93. The fourth-order valence-corrected chi connectivity index (χ4v) is 2.77. The van der Waals surface area contributed by atoms with E-state index in [9.17, 15) is 10.1 Å². The average Bonchev–Trinajstić information content (AvgIpc) is 2.90. The number of aromatic nitrogens is 2. The number of nitrogens with one attached hydrogen (secondary N) is 1. The Bertz CT molecular complexity index is 594. The molecule has 1 aliphatic carbocycles. The largest absolute Gasteiger partial charge is 0.343 e. The molecule has 5 heteroatoms. The lowest BCUT2D eigenvalue weighted by Crippen LogP contribution is -2.20. The van der Waals surface area contributed by atoms with Crippen molar-refractivity contribution in [2.75, 3.05) is 5.32 Å². The van der Waals surface area contributed by atoms with Crippen molar-refractivity contribution in [3.63, 3.8) is 0 Å². The highest BCUT2D eigenvalue weighted by Crippen LogP contribution is 2.26. The summed E-state index contributed by atoms with van der Waals surface area (Å²) in [5.74, 6) is 1.05. The van der Waals surface area contributed by atoms with E-state index in [-0.39, 0.29) is 11.7 Å². The van der Waals surface area contributed by atoms with Crippen molar-refractivity contribution >= 4 is 11.6 Å². The summed E-state index contributed by atoms with van der Waals surface area (Å²) in [6.07, 6.45) is 9.22. The molecule has 1 N–H and O–H groups in total. The van der Waals surface area contributed by atoms with E-state index >= 15 is 0 Å². The van der Waals surface area contributed by atoms with Crippen LogP contribution in [0.5, 0.6) is 0 Å². The van der Waals surface area contributed by atoms with Crippen molar-refractivity contribution in [1.82, 2.24) is 9.78 Å². The van der Waals surface area contributed by atoms with E-state index in [0.717, 1.165) is 50.8 Å². The number of nitriles is 1. The zero-order valence-electron chi connectivity index (χ0n) is 13.4. The standard InChI is InChI=1S/C17H24N4O/c1-3-5-6-9-21-17(14(11-18)12-19-21)20-15-8-7-13(4-2)16(22)10-15/h10,12-13,20H,3-9H2,1-2H3. The number of carbonyl (C=O) groups is 1. The molecule has 0 aliphatic heterocycles. The minimum Gasteiger partial charge on any atom is -0.343 e. The van der Waals surface area contributed by atoms with Gasteiger partial charge in [-0.1, -0.05) is 26.7 Å². The molecule has 1 heterocycles. The second-order valence-electron chi connectivity index (χ2n) is 5.79. The first-order valence-electron chi connectivity index (χ1n) is 8.16. The van der Waals surface area contributed by atoms with Gasteiger partial charge in [-0.15, -0.1) is 0 Å². The van der Waals surface area contributed by atoms with Gasteiger partial charge in [0.05, 0.1) is 6.20 Å². The number of carbonyl (C=O) groups excluding carboxylic acids is 1. The first kappa shape index (κ1) is 16.3. The molecule has 5 nitrogen and oxygen atoms in total. The van der Waals surface area contributed by atoms with Crippen molar-refractivity contribution in [3.8, 4) is 6.07 Å². The van der Waals surface area contributed by atoms with Gasteiger partial charge in [0, 0.05) is 24.2 Å². The second-order valence-corrected chi connectivity index (χ2v) is 5.79. The van der Waals surface area contributed by atoms with Crippen LogP contribution in [0.2, 0.25) is 0 Å². The van der Waals surface area contributed by atoms with Crippen LogP contribution in [0.25, 0.3) is 0 Å². The van der Waals surface area contributed by atoms with Crippen LogP contribution in [0.1, 0.15) is 57.9 Å². The number of ketones is 1. The molecule has 1 aliphatic rings. The van der Waals surface area contributed by atoms with E-state index in [4.69, 9.17) is 0 Å². The summed E-state index contributed by atoms with van der Waals surface area (Å²) in [6.45, 7) is 4.99. The van der Waals surface area contributed by atoms with E-state index in [1.807, 2.05) is 11.6 Å². The molecule has 1 aromatic rings. The number of nitrogens with zero attached hydrogens (tertiary/aromatic N) is 3. The highest BCUT2D eigenvalue weighted by atomic mass is 16.1. The number of rotatable bonds is 7. The third kappa shape index (κ3) is 3.76. The summed E-state index contributed by atoms with van der Waals surface area (Å²) in [7, 11) is 0. The maximum Gasteiger partial charge on any atom is 0.160 e. The van der Waals surface area contributed by atoms with Crippen LogP contribution in [0.15, 0.2) is 18.0 Å². The van der Waals surface area contributed by atoms with Gasteiger partial charge < -0.3 is 5.32 Å². The van der Waals surface area contributed by atoms with Crippen LogP contribution < -0.4 is 5.32 Å². The monoisotopic (exact) mass is 300 g/mol. The predicted molar refractivity (Wildman–Crippen MR) is 86.2 cm³/mol. The third-order valence-electron chi connectivity index (χ3n) is 4.19. The van der Waals surface area contributed by atoms with Gasteiger partial charge in [0.2, 0.25) is 0 Å². The zero-order valence-corrected chi connectivity index (χ0v) is 13.4. The van der Waals surface area contributed by atoms with E-state index in [2.05, 4.69) is 23.4 Å². The Hall–Kier alpha value is -2.09. The Morgan fingerprint density at radius 1 is 1.45 bits per heavy atom. The van der Waals surface area contributed by atoms with Gasteiger partial charge in [-0.25, -0.2) is 4.68 Å². The summed E-state index contributed by atoms with van der Waals surface area (Å²) in [5.41, 5.74) is 1.42. The van der Waals surface area contributed by atoms with Crippen LogP contribution in [0.3, 0.4) is 0 Å². The molecule has 118 valence electrons. The van der Waals surface area contributed by atoms with Gasteiger partial charge in [-0.05, 0) is 25.7 Å². The molecule has 0 saturated carbocycles. The van der Waals surface area contributed by atoms with Crippen molar-refractivity contribution in [2.24, 2.45) is 5.92 Å². The molecule has 0 bridgehead atoms. The first-order valence-corrected chi connectivity index (χ1v) is 8.16. The Labute approximate surface area is 132 Å². The predicted octanol–water partition coefficient (Wildman–Crippen LogP) is 3.63. The molecule has 0 amide bonds. The summed E-state index contributed by atoms with van der Waals surface area (Å²) >= 11 is 0. The molecule has 1 unspecified atom stereocenters. The van der Waals surface area contributed by atoms with Gasteiger partial charge in [0.1, 0.15) is 17.5 Å². The molecular weight excluding hydrogens is 276 g/mol. The average molecular weight is 300 g/mol. The Kier molecular flexibility index (Phi) is 5.76. The van der Waals surface area contributed by atoms with Crippen LogP contribution >= 0.6 is 0 Å². The fraction of sp³-hybridized carbons (Fsp3) is 0.588. The topological polar surface area (TPSA) is 70.7 Å². The lowest BCUT2D eigenvalue weighted by atomic mass is 9.89. The Morgan fingerprint density at radius 2 is 2.27 bits per heavy atom. The number of allylic oxidation sites excluding steroid dienone is 2. The van der Waals surface area contributed by atoms with E-state index in [1.54, 1.807) is 12.3 Å². The minimum atomic E-state index is 0.149. The van der Waals surface area contributed by atoms with E-state index in [1.165, 1.54) is 0 Å². The lowest BCUT2D eigenvalue weighted by Gasteiger charge is -2.21. The summed E-state index contributed by atoms with van der Waals surface area (Å²) in [5, 5.41) is 16.8. The Balaban J connectivity index is 2.13. The van der Waals surface area contributed by atoms with Crippen LogP contribution in [0.4, 0.5) is 5.82 Å². The normalized spacial score (nSPS) is 18.0. The van der Waals surface area contributed by atoms with Crippen LogP contribution in [0, 0.1) is 17.2 Å². The number of hydrogen-bond donors (Lipinski definition) is 1. The molecule has 1 aromatic heterocycles. The van der Waals surface area contributed by atoms with Crippen molar-refractivity contribution in [1.29, 1.82) is 5.26 Å².